The van der Waals surface area contributed by atoms with Gasteiger partial charge in [0, 0.05) is 60.6 Å². The summed E-state index contributed by atoms with van der Waals surface area (Å²) in [7, 11) is 0. The summed E-state index contributed by atoms with van der Waals surface area (Å²) in [5.41, 5.74) is 0. The summed E-state index contributed by atoms with van der Waals surface area (Å²) in [5, 5.41) is 80.0. The van der Waals surface area contributed by atoms with Crippen LogP contribution in [0.2, 0.25) is 0 Å². The second-order valence-electron chi connectivity index (χ2n) is 21.0. The molecule has 9 N–H and O–H groups in total. The maximum Gasteiger partial charge on any atom is 0.331 e. The number of carboxylic acid groups (broad SMARTS) is 3. The molecule has 10 fully saturated rings. The van der Waals surface area contributed by atoms with Crippen LogP contribution >= 0.6 is 0 Å². The SMILES string of the molecule is C.C=C(O)/C=C\C(=O)O[C@@H]1CO[C@H]2[C@@H]1OC[C@H]2O.C=C(O)/C=C\C(=O)O[C@H]1CO[C@H]2[C@@H]1OC[C@@H]2O.C=C(O)/C=C\C(=O)O[C@H]1CO[C@H]2[C@@H]1OC[C@@H]2OC(=O)/C=C/C(=O)O.C[C@H]1CO[C@H]2[C@@H]1OC[C@@H]2OC(=O)/C=C/C(=O)O.O=C(O)/C=C/C(=O)O[C@@H]1CO[C@H]2[C@@H]1OC[C@H]2O. The number of allylic oxidation sites excluding steroid dienone is 3. The van der Waals surface area contributed by atoms with Gasteiger partial charge in [-0.1, -0.05) is 34.1 Å². The second kappa shape index (κ2) is 36.3. The highest BCUT2D eigenvalue weighted by Gasteiger charge is 2.53. The molecule has 0 radical (unpaired) electrons. The van der Waals surface area contributed by atoms with Gasteiger partial charge in [0.15, 0.2) is 36.6 Å². The van der Waals surface area contributed by atoms with Crippen molar-refractivity contribution in [2.45, 2.75) is 130 Å². The summed E-state index contributed by atoms with van der Waals surface area (Å²) in [5.74, 6) is -8.35. The Morgan fingerprint density at radius 1 is 0.290 bits per heavy atom. The molecule has 0 bridgehead atoms. The van der Waals surface area contributed by atoms with Crippen LogP contribution in [-0.4, -0.2) is 282 Å². The summed E-state index contributed by atoms with van der Waals surface area (Å²) >= 11 is 0. The normalized spacial score (nSPS) is 33.8. The van der Waals surface area contributed by atoms with Gasteiger partial charge in [-0.25, -0.2) is 43.2 Å². The van der Waals surface area contributed by atoms with E-state index in [2.05, 4.69) is 19.7 Å². The summed E-state index contributed by atoms with van der Waals surface area (Å²) in [6.07, 6.45) is 1.44. The molecule has 34 nitrogen and oxygen atoms in total. The monoisotopic (exact) mass is 1330 g/mol. The third-order valence-electron chi connectivity index (χ3n) is 14.1. The Morgan fingerprint density at radius 3 is 0.710 bits per heavy atom. The van der Waals surface area contributed by atoms with Crippen molar-refractivity contribution < 1.29 is 165 Å². The lowest BCUT2D eigenvalue weighted by Gasteiger charge is -2.16. The van der Waals surface area contributed by atoms with Crippen LogP contribution in [0.4, 0.5) is 0 Å². The first-order valence-electron chi connectivity index (χ1n) is 28.0. The van der Waals surface area contributed by atoms with Gasteiger partial charge in [0.2, 0.25) is 0 Å². The molecule has 34 heteroatoms. The number of fused-ring (bicyclic) bond motifs is 5. The van der Waals surface area contributed by atoms with E-state index < -0.39 is 157 Å². The van der Waals surface area contributed by atoms with Crippen molar-refractivity contribution in [1.82, 2.24) is 0 Å². The van der Waals surface area contributed by atoms with Gasteiger partial charge >= 0.3 is 53.7 Å². The molecule has 0 unspecified atom stereocenters. The van der Waals surface area contributed by atoms with Gasteiger partial charge in [-0.2, -0.15) is 0 Å². The predicted molar refractivity (Wildman–Crippen MR) is 304 cm³/mol. The molecule has 0 aromatic heterocycles. The number of carboxylic acids is 3. The van der Waals surface area contributed by atoms with Crippen LogP contribution in [0, 0.1) is 5.92 Å². The molecule has 10 rings (SSSR count). The second-order valence-corrected chi connectivity index (χ2v) is 21.0. The molecule has 10 heterocycles. The van der Waals surface area contributed by atoms with Gasteiger partial charge < -0.3 is 122 Å². The Hall–Kier alpha value is -8.23. The van der Waals surface area contributed by atoms with Crippen LogP contribution in [-0.2, 0) is 119 Å². The maximum atomic E-state index is 11.6. The van der Waals surface area contributed by atoms with Crippen molar-refractivity contribution in [2.75, 3.05) is 66.1 Å². The predicted octanol–water partition coefficient (Wildman–Crippen LogP) is -1.45. The Morgan fingerprint density at radius 2 is 0.473 bits per heavy atom. The van der Waals surface area contributed by atoms with Crippen molar-refractivity contribution >= 4 is 53.7 Å². The zero-order valence-corrected chi connectivity index (χ0v) is 48.9. The van der Waals surface area contributed by atoms with E-state index >= 15 is 0 Å². The molecule has 0 spiro atoms. The number of aliphatic hydroxyl groups excluding tert-OH is 6. The van der Waals surface area contributed by atoms with Gasteiger partial charge in [-0.15, -0.1) is 0 Å². The smallest absolute Gasteiger partial charge is 0.331 e. The van der Waals surface area contributed by atoms with Gasteiger partial charge in [-0.3, -0.25) is 0 Å². The first kappa shape index (κ1) is 75.5. The fraction of sp³-hybridized carbons (Fsp3) is 0.542. The topological polar surface area (TPSA) is 483 Å². The van der Waals surface area contributed by atoms with Crippen LogP contribution in [0.5, 0.6) is 0 Å². The summed E-state index contributed by atoms with van der Waals surface area (Å²) < 4.78 is 83.9. The summed E-state index contributed by atoms with van der Waals surface area (Å²) in [6, 6.07) is 0. The fourth-order valence-corrected chi connectivity index (χ4v) is 10.1. The molecule has 10 aliphatic rings. The third-order valence-corrected chi connectivity index (χ3v) is 14.1. The van der Waals surface area contributed by atoms with Crippen molar-refractivity contribution in [2.24, 2.45) is 5.92 Å². The molecule has 514 valence electrons. The van der Waals surface area contributed by atoms with Gasteiger partial charge in [0.1, 0.15) is 90.5 Å². The largest absolute Gasteiger partial charge is 0.509 e. The fourth-order valence-electron chi connectivity index (χ4n) is 10.1. The molecular formula is C59H74O34. The highest BCUT2D eigenvalue weighted by molar-refractivity contribution is 5.92. The van der Waals surface area contributed by atoms with Crippen LogP contribution in [0.3, 0.4) is 0 Å². The number of hydrogen-bond donors (Lipinski definition) is 9. The van der Waals surface area contributed by atoms with E-state index in [0.29, 0.717) is 31.3 Å². The number of rotatable bonds is 18. The quantitative estimate of drug-likeness (QED) is 0.0249. The van der Waals surface area contributed by atoms with E-state index in [1.165, 1.54) is 0 Å². The molecule has 0 aromatic carbocycles. The Bertz CT molecular complexity index is 2530. The minimum absolute atomic E-state index is 0. The van der Waals surface area contributed by atoms with Gasteiger partial charge in [0.25, 0.3) is 0 Å². The molecule has 0 amide bonds. The van der Waals surface area contributed by atoms with Crippen molar-refractivity contribution in [3.63, 3.8) is 0 Å². The van der Waals surface area contributed by atoms with E-state index in [1.807, 2.05) is 6.92 Å². The first-order chi connectivity index (χ1) is 43.7. The Balaban J connectivity index is 0.000000212. The number of hydrogen-bond acceptors (Lipinski definition) is 31. The number of aliphatic carboxylic acids is 3. The summed E-state index contributed by atoms with van der Waals surface area (Å²) in [6.45, 7) is 13.7. The standard InChI is InChI=1S/C15H16O9.3C11H14O6.C10H12O7.CH4/c1-8(16)2-4-12(19)23-9-6-21-15-10(7-22-14(9)15)24-13(20)5-3-11(17)18;1-6-4-15-11-7(5-16-10(6)11)17-9(14)3-2-8(12)13;2*1-6(12)2-3-9(14)17-8-5-16-10-7(13)4-15-11(8)10;11-5-3-15-10-6(4-16-9(5)10)17-8(14)2-1-7(12)13;/h2-5,9-10,14-16H,1,6-7H2,(H,17,18);2-3,6-7,10-11H,4-5H2,1H3,(H,12,13);2*2-3,7-8,10-13H,1,4-5H2;1-2,5-6,9-11H,3-4H2,(H,12,13);1H4/b4-2-,5-3+;3-2+;2*3-2-;2-1+;/t9-,10-,14+,15+;6-,7-,10+,11+;7-,8-,10+,11+;7-,8-,10-,11-;5-,6-,9-,10-;/m00011./s1. The lowest BCUT2D eigenvalue weighted by molar-refractivity contribution is -0.150. The molecule has 0 saturated carbocycles. The Kier molecular flexibility index (Phi) is 29.4. The van der Waals surface area contributed by atoms with Crippen molar-refractivity contribution in [3.05, 3.63) is 110 Å². The molecule has 93 heavy (non-hydrogen) atoms. The lowest BCUT2D eigenvalue weighted by Crippen LogP contribution is -2.35. The number of esters is 6. The maximum absolute atomic E-state index is 11.6. The average Bonchev–Trinajstić information content (AvgIpc) is 1.78. The highest BCUT2D eigenvalue weighted by Crippen LogP contribution is 2.34. The van der Waals surface area contributed by atoms with Crippen LogP contribution in [0.15, 0.2) is 110 Å². The molecular weight excluding hydrogens is 1250 g/mol. The Labute approximate surface area is 529 Å². The zero-order chi connectivity index (χ0) is 67.3. The molecule has 10 aliphatic heterocycles. The van der Waals surface area contributed by atoms with Crippen molar-refractivity contribution in [3.8, 4) is 0 Å². The van der Waals surface area contributed by atoms with E-state index in [4.69, 9.17) is 106 Å². The molecule has 20 atom stereocenters. The third kappa shape index (κ3) is 23.1. The molecule has 10 saturated heterocycles. The van der Waals surface area contributed by atoms with E-state index in [9.17, 15) is 58.5 Å². The zero-order valence-electron chi connectivity index (χ0n) is 48.9. The van der Waals surface area contributed by atoms with E-state index in [1.54, 1.807) is 0 Å². The van der Waals surface area contributed by atoms with Crippen molar-refractivity contribution in [1.29, 1.82) is 0 Å². The highest BCUT2D eigenvalue weighted by atomic mass is 16.7. The molecule has 0 aromatic rings. The molecule has 0 aliphatic carbocycles. The number of ether oxygens (including phenoxy) is 16. The van der Waals surface area contributed by atoms with Crippen LogP contribution in [0.1, 0.15) is 14.4 Å². The first-order valence-corrected chi connectivity index (χ1v) is 28.0. The number of carbonyl (C=O) groups excluding carboxylic acids is 6. The minimum Gasteiger partial charge on any atom is -0.509 e. The minimum atomic E-state index is -1.27. The van der Waals surface area contributed by atoms with E-state index in [0.717, 1.165) is 60.8 Å². The number of carbonyl (C=O) groups is 9. The van der Waals surface area contributed by atoms with Crippen LogP contribution < -0.4 is 0 Å². The lowest BCUT2D eigenvalue weighted by atomic mass is 10.0. The van der Waals surface area contributed by atoms with Gasteiger partial charge in [-0.05, 0) is 18.2 Å². The summed E-state index contributed by atoms with van der Waals surface area (Å²) in [4.78, 5) is 99.0. The van der Waals surface area contributed by atoms with E-state index in [-0.39, 0.29) is 89.8 Å². The number of aliphatic hydroxyl groups is 6. The van der Waals surface area contributed by atoms with Crippen LogP contribution in [0.25, 0.3) is 0 Å². The van der Waals surface area contributed by atoms with Gasteiger partial charge in [0.05, 0.1) is 72.2 Å². The average molecular weight is 1330 g/mol.